The van der Waals surface area contributed by atoms with Crippen LogP contribution in [0.2, 0.25) is 0 Å². The lowest BCUT2D eigenvalue weighted by atomic mass is 9.79. The van der Waals surface area contributed by atoms with Crippen LogP contribution in [-0.4, -0.2) is 28.1 Å². The second-order valence-electron chi connectivity index (χ2n) is 5.87. The molecule has 1 aliphatic rings. The first-order valence-corrected chi connectivity index (χ1v) is 6.35. The molecule has 0 aliphatic carbocycles. The van der Waals surface area contributed by atoms with E-state index in [2.05, 4.69) is 5.10 Å². The summed E-state index contributed by atoms with van der Waals surface area (Å²) in [7, 11) is -1.17. The second-order valence-corrected chi connectivity index (χ2v) is 5.87. The van der Waals surface area contributed by atoms with E-state index in [4.69, 9.17) is 14.6 Å². The molecular formula is C12H15BF3N3O2. The van der Waals surface area contributed by atoms with Gasteiger partial charge in [0.05, 0.1) is 17.3 Å². The van der Waals surface area contributed by atoms with Crippen molar-refractivity contribution in [2.24, 2.45) is 0 Å². The van der Waals surface area contributed by atoms with E-state index in [9.17, 15) is 13.2 Å². The predicted octanol–water partition coefficient (Wildman–Crippen LogP) is 1.72. The van der Waals surface area contributed by atoms with Crippen molar-refractivity contribution >= 4 is 12.6 Å². The van der Waals surface area contributed by atoms with Crippen molar-refractivity contribution in [1.29, 1.82) is 5.26 Å². The van der Waals surface area contributed by atoms with Crippen LogP contribution >= 0.6 is 0 Å². The van der Waals surface area contributed by atoms with E-state index in [-0.39, 0.29) is 12.0 Å². The van der Waals surface area contributed by atoms with Gasteiger partial charge in [-0.2, -0.15) is 23.5 Å². The van der Waals surface area contributed by atoms with Gasteiger partial charge < -0.3 is 9.31 Å². The zero-order valence-electron chi connectivity index (χ0n) is 12.2. The van der Waals surface area contributed by atoms with Gasteiger partial charge in [-0.1, -0.05) is 0 Å². The molecule has 2 heterocycles. The molecule has 0 saturated carbocycles. The maximum Gasteiger partial charge on any atom is 0.498 e. The van der Waals surface area contributed by atoms with Gasteiger partial charge in [-0.05, 0) is 27.7 Å². The Labute approximate surface area is 120 Å². The first kappa shape index (κ1) is 15.9. The summed E-state index contributed by atoms with van der Waals surface area (Å²) >= 11 is 0. The Morgan fingerprint density at radius 1 is 1.29 bits per heavy atom. The van der Waals surface area contributed by atoms with Crippen LogP contribution in [0.3, 0.4) is 0 Å². The number of halogens is 3. The van der Waals surface area contributed by atoms with Crippen LogP contribution in [0.25, 0.3) is 0 Å². The SMILES string of the molecule is CC1(C)OB(c2cn(CC#N)nc2C(F)(F)F)OC1(C)C. The van der Waals surface area contributed by atoms with Crippen LogP contribution in [0.5, 0.6) is 0 Å². The number of nitriles is 1. The lowest BCUT2D eigenvalue weighted by Gasteiger charge is -2.32. The number of aromatic nitrogens is 2. The van der Waals surface area contributed by atoms with Gasteiger partial charge >= 0.3 is 13.3 Å². The molecule has 2 rings (SSSR count). The number of rotatable bonds is 2. The van der Waals surface area contributed by atoms with Gasteiger partial charge in [-0.15, -0.1) is 0 Å². The van der Waals surface area contributed by atoms with Gasteiger partial charge in [-0.3, -0.25) is 4.68 Å². The van der Waals surface area contributed by atoms with Crippen LogP contribution in [0.4, 0.5) is 13.2 Å². The molecule has 1 aromatic heterocycles. The van der Waals surface area contributed by atoms with Crippen molar-refractivity contribution in [2.45, 2.75) is 51.6 Å². The Bertz CT molecular complexity index is 574. The fourth-order valence-electron chi connectivity index (χ4n) is 1.95. The summed E-state index contributed by atoms with van der Waals surface area (Å²) in [4.78, 5) is 0. The summed E-state index contributed by atoms with van der Waals surface area (Å²) in [6, 6.07) is 1.75. The lowest BCUT2D eigenvalue weighted by Crippen LogP contribution is -2.41. The maximum absolute atomic E-state index is 13.1. The van der Waals surface area contributed by atoms with Crippen LogP contribution < -0.4 is 5.46 Å². The molecule has 1 saturated heterocycles. The van der Waals surface area contributed by atoms with E-state index < -0.39 is 30.2 Å². The Hall–Kier alpha value is -1.53. The molecule has 0 radical (unpaired) electrons. The van der Waals surface area contributed by atoms with E-state index in [0.717, 1.165) is 10.9 Å². The van der Waals surface area contributed by atoms with Gasteiger partial charge in [0, 0.05) is 11.7 Å². The molecule has 21 heavy (non-hydrogen) atoms. The molecule has 1 aromatic rings. The molecule has 0 spiro atoms. The van der Waals surface area contributed by atoms with E-state index in [1.54, 1.807) is 33.8 Å². The van der Waals surface area contributed by atoms with Crippen LogP contribution in [-0.2, 0) is 22.0 Å². The highest BCUT2D eigenvalue weighted by molar-refractivity contribution is 6.62. The molecule has 114 valence electrons. The number of alkyl halides is 3. The zero-order valence-corrected chi connectivity index (χ0v) is 12.2. The molecule has 0 aromatic carbocycles. The lowest BCUT2D eigenvalue weighted by molar-refractivity contribution is -0.140. The molecule has 1 fully saturated rings. The highest BCUT2D eigenvalue weighted by Crippen LogP contribution is 2.37. The van der Waals surface area contributed by atoms with Crippen LogP contribution in [0, 0.1) is 11.3 Å². The van der Waals surface area contributed by atoms with Gasteiger partial charge in [0.1, 0.15) is 6.54 Å². The van der Waals surface area contributed by atoms with Crippen molar-refractivity contribution in [3.8, 4) is 6.07 Å². The monoisotopic (exact) mass is 301 g/mol. The summed E-state index contributed by atoms with van der Waals surface area (Å²) in [5.41, 5.74) is -2.80. The molecule has 0 unspecified atom stereocenters. The van der Waals surface area contributed by atoms with E-state index >= 15 is 0 Å². The number of hydrogen-bond acceptors (Lipinski definition) is 4. The molecule has 0 amide bonds. The zero-order chi connectivity index (χ0) is 16.1. The van der Waals surface area contributed by atoms with Crippen LogP contribution in [0.1, 0.15) is 33.4 Å². The standard InChI is InChI=1S/C12H15BF3N3O2/c1-10(2)11(3,4)21-13(20-10)8-7-19(6-5-17)18-9(8)12(14,15)16/h7H,6H2,1-4H3. The highest BCUT2D eigenvalue weighted by atomic mass is 19.4. The second kappa shape index (κ2) is 4.75. The average Bonchev–Trinajstić information content (AvgIpc) is 2.79. The van der Waals surface area contributed by atoms with Gasteiger partial charge in [0.2, 0.25) is 0 Å². The topological polar surface area (TPSA) is 60.1 Å². The first-order valence-electron chi connectivity index (χ1n) is 6.35. The van der Waals surface area contributed by atoms with Gasteiger partial charge in [0.15, 0.2) is 5.69 Å². The van der Waals surface area contributed by atoms with Crippen molar-refractivity contribution in [1.82, 2.24) is 9.78 Å². The average molecular weight is 301 g/mol. The molecule has 5 nitrogen and oxygen atoms in total. The molecule has 0 bridgehead atoms. The fraction of sp³-hybridized carbons (Fsp3) is 0.667. The Morgan fingerprint density at radius 3 is 2.24 bits per heavy atom. The molecule has 0 N–H and O–H groups in total. The molecular weight excluding hydrogens is 286 g/mol. The van der Waals surface area contributed by atoms with Crippen molar-refractivity contribution in [3.63, 3.8) is 0 Å². The molecule has 1 aliphatic heterocycles. The van der Waals surface area contributed by atoms with Crippen molar-refractivity contribution in [2.75, 3.05) is 0 Å². The van der Waals surface area contributed by atoms with E-state index in [1.807, 2.05) is 0 Å². The van der Waals surface area contributed by atoms with Gasteiger partial charge in [0.25, 0.3) is 0 Å². The first-order chi connectivity index (χ1) is 9.48. The number of nitrogens with zero attached hydrogens (tertiary/aromatic N) is 3. The fourth-order valence-corrected chi connectivity index (χ4v) is 1.95. The van der Waals surface area contributed by atoms with Crippen molar-refractivity contribution < 1.29 is 22.5 Å². The number of hydrogen-bond donors (Lipinski definition) is 0. The summed E-state index contributed by atoms with van der Waals surface area (Å²) in [6.45, 7) is 6.72. The molecule has 0 atom stereocenters. The van der Waals surface area contributed by atoms with E-state index in [1.165, 1.54) is 0 Å². The molecule has 9 heteroatoms. The Morgan fingerprint density at radius 2 is 1.81 bits per heavy atom. The maximum atomic E-state index is 13.1. The largest absolute Gasteiger partial charge is 0.498 e. The summed E-state index contributed by atoms with van der Waals surface area (Å²) in [6.07, 6.45) is -3.49. The summed E-state index contributed by atoms with van der Waals surface area (Å²) < 4.78 is 51.4. The third-order valence-corrected chi connectivity index (χ3v) is 3.80. The summed E-state index contributed by atoms with van der Waals surface area (Å²) in [5, 5.41) is 12.0. The third kappa shape index (κ3) is 2.78. The predicted molar refractivity (Wildman–Crippen MR) is 68.6 cm³/mol. The smallest absolute Gasteiger partial charge is 0.399 e. The minimum absolute atomic E-state index is 0.212. The van der Waals surface area contributed by atoms with Crippen LogP contribution in [0.15, 0.2) is 6.20 Å². The minimum atomic E-state index is -4.64. The van der Waals surface area contributed by atoms with E-state index in [0.29, 0.717) is 0 Å². The third-order valence-electron chi connectivity index (χ3n) is 3.80. The minimum Gasteiger partial charge on any atom is -0.399 e. The van der Waals surface area contributed by atoms with Crippen molar-refractivity contribution in [3.05, 3.63) is 11.9 Å². The quantitative estimate of drug-likeness (QED) is 0.780. The highest BCUT2D eigenvalue weighted by Gasteiger charge is 2.54. The normalized spacial score (nSPS) is 20.6. The Kier molecular flexibility index (Phi) is 3.58. The summed E-state index contributed by atoms with van der Waals surface area (Å²) in [5.74, 6) is 0. The van der Waals surface area contributed by atoms with Gasteiger partial charge in [-0.25, -0.2) is 0 Å². The Balaban J connectivity index is 2.43.